The summed E-state index contributed by atoms with van der Waals surface area (Å²) in [7, 11) is 0. The summed E-state index contributed by atoms with van der Waals surface area (Å²) in [6.45, 7) is 2.48. The minimum absolute atomic E-state index is 0.609. The Morgan fingerprint density at radius 3 is 3.00 bits per heavy atom. The Labute approximate surface area is 87.7 Å². The molecular weight excluding hydrogens is 194 g/mol. The predicted molar refractivity (Wildman–Crippen MR) is 54.9 cm³/mol. The summed E-state index contributed by atoms with van der Waals surface area (Å²) in [6.07, 6.45) is 0.743. The molecule has 0 saturated carbocycles. The molecule has 0 aromatic heterocycles. The van der Waals surface area contributed by atoms with Gasteiger partial charge in [0.25, 0.3) is 0 Å². The number of aryl methyl sites for hydroxylation is 1. The lowest BCUT2D eigenvalue weighted by Crippen LogP contribution is -2.22. The molecule has 1 aliphatic rings. The second kappa shape index (κ2) is 3.55. The maximum absolute atomic E-state index is 10.9. The lowest BCUT2D eigenvalue weighted by molar-refractivity contribution is -0.138. The molecule has 0 fully saturated rings. The van der Waals surface area contributed by atoms with Gasteiger partial charge in [-0.3, -0.25) is 4.79 Å². The largest absolute Gasteiger partial charge is 0.493 e. The Kier molecular flexibility index (Phi) is 2.36. The molecule has 0 bridgehead atoms. The van der Waals surface area contributed by atoms with Crippen molar-refractivity contribution in [1.82, 2.24) is 0 Å². The molecule has 1 atom stereocenters. The number of hydrogen-bond donors (Lipinski definition) is 2. The van der Waals surface area contributed by atoms with Crippen molar-refractivity contribution in [3.8, 4) is 5.75 Å². The second-order valence-electron chi connectivity index (χ2n) is 3.69. The molecule has 1 heterocycles. The quantitative estimate of drug-likeness (QED) is 0.759. The smallest absolute Gasteiger partial charge is 0.325 e. The van der Waals surface area contributed by atoms with Crippen LogP contribution in [-0.2, 0) is 11.2 Å². The summed E-state index contributed by atoms with van der Waals surface area (Å²) in [5, 5.41) is 8.93. The van der Waals surface area contributed by atoms with Gasteiger partial charge in [0.15, 0.2) is 0 Å². The minimum Gasteiger partial charge on any atom is -0.493 e. The average Bonchev–Trinajstić information content (AvgIpc) is 2.64. The van der Waals surface area contributed by atoms with Crippen LogP contribution in [0, 0.1) is 6.92 Å². The van der Waals surface area contributed by atoms with E-state index in [9.17, 15) is 4.79 Å². The molecule has 2 rings (SSSR count). The Balaban J connectivity index is 2.54. The molecule has 80 valence electrons. The van der Waals surface area contributed by atoms with Crippen molar-refractivity contribution in [2.75, 3.05) is 6.61 Å². The maximum atomic E-state index is 10.9. The molecule has 4 nitrogen and oxygen atoms in total. The summed E-state index contributed by atoms with van der Waals surface area (Å²) in [4.78, 5) is 10.9. The maximum Gasteiger partial charge on any atom is 0.325 e. The van der Waals surface area contributed by atoms with Gasteiger partial charge in [-0.25, -0.2) is 0 Å². The van der Waals surface area contributed by atoms with E-state index in [0.29, 0.717) is 12.2 Å². The first-order chi connectivity index (χ1) is 7.11. The number of carboxylic acids is 1. The van der Waals surface area contributed by atoms with Crippen molar-refractivity contribution in [2.45, 2.75) is 19.4 Å². The lowest BCUT2D eigenvalue weighted by Gasteiger charge is -2.14. The van der Waals surface area contributed by atoms with Crippen LogP contribution in [0.4, 0.5) is 0 Å². The molecule has 0 radical (unpaired) electrons. The first-order valence-corrected chi connectivity index (χ1v) is 4.85. The molecule has 3 N–H and O–H groups in total. The number of carbonyl (C=O) groups is 1. The first-order valence-electron chi connectivity index (χ1n) is 4.85. The van der Waals surface area contributed by atoms with Crippen molar-refractivity contribution >= 4 is 5.97 Å². The van der Waals surface area contributed by atoms with Crippen LogP contribution in [0.5, 0.6) is 5.75 Å². The van der Waals surface area contributed by atoms with Crippen LogP contribution >= 0.6 is 0 Å². The monoisotopic (exact) mass is 207 g/mol. The number of ether oxygens (including phenoxy) is 1. The van der Waals surface area contributed by atoms with Gasteiger partial charge in [0, 0.05) is 12.0 Å². The molecule has 1 aromatic rings. The lowest BCUT2D eigenvalue weighted by atomic mass is 9.94. The van der Waals surface area contributed by atoms with Crippen molar-refractivity contribution < 1.29 is 14.6 Å². The highest BCUT2D eigenvalue weighted by Crippen LogP contribution is 2.33. The fourth-order valence-electron chi connectivity index (χ4n) is 1.97. The van der Waals surface area contributed by atoms with Crippen LogP contribution in [0.15, 0.2) is 12.1 Å². The molecule has 4 heteroatoms. The molecule has 1 unspecified atom stereocenters. The van der Waals surface area contributed by atoms with E-state index in [1.54, 1.807) is 0 Å². The highest BCUT2D eigenvalue weighted by Gasteiger charge is 2.25. The molecule has 0 amide bonds. The normalized spacial score (nSPS) is 15.6. The van der Waals surface area contributed by atoms with E-state index in [1.807, 2.05) is 19.1 Å². The fraction of sp³-hybridized carbons (Fsp3) is 0.364. The molecule has 0 saturated heterocycles. The molecule has 0 spiro atoms. The third-order valence-electron chi connectivity index (χ3n) is 2.72. The third-order valence-corrected chi connectivity index (χ3v) is 2.72. The number of hydrogen-bond acceptors (Lipinski definition) is 3. The van der Waals surface area contributed by atoms with Crippen molar-refractivity contribution in [3.63, 3.8) is 0 Å². The minimum atomic E-state index is -1.00. The highest BCUT2D eigenvalue weighted by atomic mass is 16.5. The van der Waals surface area contributed by atoms with Gasteiger partial charge in [-0.15, -0.1) is 0 Å². The summed E-state index contributed by atoms with van der Waals surface area (Å²) < 4.78 is 5.38. The van der Waals surface area contributed by atoms with Gasteiger partial charge in [-0.05, 0) is 24.1 Å². The van der Waals surface area contributed by atoms with Gasteiger partial charge in [-0.1, -0.05) is 6.07 Å². The molecular formula is C11H13NO3. The number of nitrogens with two attached hydrogens (primary N) is 1. The van der Waals surface area contributed by atoms with Gasteiger partial charge in [0.05, 0.1) is 6.61 Å². The van der Waals surface area contributed by atoms with E-state index in [2.05, 4.69) is 0 Å². The molecule has 0 aliphatic carbocycles. The molecule has 1 aliphatic heterocycles. The SMILES string of the molecule is Cc1ccc2c(c1C(N)C(=O)O)CCO2. The summed E-state index contributed by atoms with van der Waals surface area (Å²) >= 11 is 0. The molecule has 15 heavy (non-hydrogen) atoms. The van der Waals surface area contributed by atoms with Gasteiger partial charge in [0.2, 0.25) is 0 Å². The number of carboxylic acid groups (broad SMARTS) is 1. The Morgan fingerprint density at radius 2 is 2.33 bits per heavy atom. The van der Waals surface area contributed by atoms with Gasteiger partial charge in [-0.2, -0.15) is 0 Å². The third kappa shape index (κ3) is 1.57. The summed E-state index contributed by atoms with van der Waals surface area (Å²) in [5.74, 6) is -0.231. The number of aliphatic carboxylic acids is 1. The van der Waals surface area contributed by atoms with Crippen LogP contribution in [0.1, 0.15) is 22.7 Å². The van der Waals surface area contributed by atoms with E-state index in [1.165, 1.54) is 0 Å². The van der Waals surface area contributed by atoms with Crippen molar-refractivity contribution in [3.05, 3.63) is 28.8 Å². The zero-order valence-corrected chi connectivity index (χ0v) is 8.49. The second-order valence-corrected chi connectivity index (χ2v) is 3.69. The Bertz CT molecular complexity index is 415. The zero-order valence-electron chi connectivity index (χ0n) is 8.49. The van der Waals surface area contributed by atoms with Gasteiger partial charge in [0.1, 0.15) is 11.8 Å². The standard InChI is InChI=1S/C11H13NO3/c1-6-2-3-8-7(4-5-15-8)9(6)10(12)11(13)14/h2-3,10H,4-5,12H2,1H3,(H,13,14). The zero-order chi connectivity index (χ0) is 11.0. The topological polar surface area (TPSA) is 72.6 Å². The van der Waals surface area contributed by atoms with Crippen LogP contribution in [0.25, 0.3) is 0 Å². The fourth-order valence-corrected chi connectivity index (χ4v) is 1.97. The van der Waals surface area contributed by atoms with Crippen LogP contribution in [0.3, 0.4) is 0 Å². The average molecular weight is 207 g/mol. The van der Waals surface area contributed by atoms with E-state index in [0.717, 1.165) is 23.3 Å². The van der Waals surface area contributed by atoms with E-state index in [4.69, 9.17) is 15.6 Å². The number of fused-ring (bicyclic) bond motifs is 1. The number of benzene rings is 1. The molecule has 1 aromatic carbocycles. The Hall–Kier alpha value is -1.55. The van der Waals surface area contributed by atoms with Crippen LogP contribution in [0.2, 0.25) is 0 Å². The predicted octanol–water partition coefficient (Wildman–Crippen LogP) is 1.01. The van der Waals surface area contributed by atoms with E-state index < -0.39 is 12.0 Å². The van der Waals surface area contributed by atoms with E-state index >= 15 is 0 Å². The van der Waals surface area contributed by atoms with E-state index in [-0.39, 0.29) is 0 Å². The van der Waals surface area contributed by atoms with Gasteiger partial charge >= 0.3 is 5.97 Å². The first kappa shape index (κ1) is 9.98. The van der Waals surface area contributed by atoms with Crippen molar-refractivity contribution in [1.29, 1.82) is 0 Å². The number of rotatable bonds is 2. The van der Waals surface area contributed by atoms with Crippen LogP contribution in [-0.4, -0.2) is 17.7 Å². The van der Waals surface area contributed by atoms with Crippen LogP contribution < -0.4 is 10.5 Å². The van der Waals surface area contributed by atoms with Crippen molar-refractivity contribution in [2.24, 2.45) is 5.73 Å². The van der Waals surface area contributed by atoms with Gasteiger partial charge < -0.3 is 15.6 Å². The summed E-state index contributed by atoms with van der Waals surface area (Å²) in [6, 6.07) is 2.76. The highest BCUT2D eigenvalue weighted by molar-refractivity contribution is 5.77. The summed E-state index contributed by atoms with van der Waals surface area (Å²) in [5.41, 5.74) is 8.22. The Morgan fingerprint density at radius 1 is 1.60 bits per heavy atom.